The minimum atomic E-state index is -0.412. The van der Waals surface area contributed by atoms with Gasteiger partial charge in [-0.05, 0) is 38.1 Å². The molecule has 108 valence electrons. The number of hydrogen-bond donors (Lipinski definition) is 1. The molecule has 21 heavy (non-hydrogen) atoms. The molecule has 2 aromatic rings. The van der Waals surface area contributed by atoms with E-state index < -0.39 is 5.72 Å². The number of piperidine rings is 3. The van der Waals surface area contributed by atoms with E-state index in [1.165, 1.54) is 25.9 Å². The maximum atomic E-state index is 5.92. The lowest BCUT2D eigenvalue weighted by Crippen LogP contribution is -2.58. The predicted octanol–water partition coefficient (Wildman–Crippen LogP) is 2.14. The van der Waals surface area contributed by atoms with Gasteiger partial charge < -0.3 is 4.42 Å². The van der Waals surface area contributed by atoms with Crippen LogP contribution in [0.1, 0.15) is 18.6 Å². The third-order valence-corrected chi connectivity index (χ3v) is 4.96. The quantitative estimate of drug-likeness (QED) is 0.871. The molecule has 0 unspecified atom stereocenters. The van der Waals surface area contributed by atoms with Gasteiger partial charge in [-0.1, -0.05) is 18.2 Å². The lowest BCUT2D eigenvalue weighted by Gasteiger charge is -2.47. The van der Waals surface area contributed by atoms with Gasteiger partial charge >= 0.3 is 0 Å². The number of hydroxylamine groups is 1. The van der Waals surface area contributed by atoms with Gasteiger partial charge in [-0.3, -0.25) is 4.90 Å². The minimum absolute atomic E-state index is 0.412. The van der Waals surface area contributed by atoms with E-state index in [2.05, 4.69) is 10.4 Å². The molecule has 5 heterocycles. The Labute approximate surface area is 122 Å². The Hall–Kier alpha value is -1.85. The van der Waals surface area contributed by atoms with Gasteiger partial charge in [0, 0.05) is 11.3 Å². The first-order valence-electron chi connectivity index (χ1n) is 7.58. The highest BCUT2D eigenvalue weighted by Crippen LogP contribution is 2.41. The van der Waals surface area contributed by atoms with E-state index in [9.17, 15) is 0 Å². The van der Waals surface area contributed by atoms with Crippen molar-refractivity contribution in [2.75, 3.05) is 19.6 Å². The van der Waals surface area contributed by atoms with E-state index in [1.54, 1.807) is 0 Å². The Morgan fingerprint density at radius 3 is 2.86 bits per heavy atom. The van der Waals surface area contributed by atoms with Crippen LogP contribution in [0.2, 0.25) is 0 Å². The first kappa shape index (κ1) is 11.8. The van der Waals surface area contributed by atoms with Crippen molar-refractivity contribution >= 4 is 16.8 Å². The third-order valence-electron chi connectivity index (χ3n) is 4.96. The van der Waals surface area contributed by atoms with Crippen LogP contribution in [0.5, 0.6) is 0 Å². The van der Waals surface area contributed by atoms with E-state index in [4.69, 9.17) is 14.2 Å². The van der Waals surface area contributed by atoms with Gasteiger partial charge in [0.1, 0.15) is 5.58 Å². The fraction of sp³-hybridized carbons (Fsp3) is 0.438. The van der Waals surface area contributed by atoms with Crippen LogP contribution in [0.15, 0.2) is 39.7 Å². The molecule has 0 radical (unpaired) electrons. The molecule has 1 N–H and O–H groups in total. The normalized spacial score (nSPS) is 34.4. The largest absolute Gasteiger partial charge is 0.453 e. The molecular weight excluding hydrogens is 266 g/mol. The first-order chi connectivity index (χ1) is 10.3. The number of nitrogens with one attached hydrogen (secondary N) is 1. The number of furan rings is 1. The van der Waals surface area contributed by atoms with Gasteiger partial charge in [0.2, 0.25) is 5.72 Å². The summed E-state index contributed by atoms with van der Waals surface area (Å²) in [7, 11) is 0. The van der Waals surface area contributed by atoms with Crippen molar-refractivity contribution in [2.45, 2.75) is 18.6 Å². The minimum Gasteiger partial charge on any atom is -0.453 e. The Morgan fingerprint density at radius 1 is 1.24 bits per heavy atom. The van der Waals surface area contributed by atoms with Gasteiger partial charge in [-0.15, -0.1) is 0 Å². The van der Waals surface area contributed by atoms with E-state index in [1.807, 2.05) is 30.3 Å². The number of nitrogens with zero attached hydrogens (tertiary/aromatic N) is 2. The molecule has 1 spiro atoms. The summed E-state index contributed by atoms with van der Waals surface area (Å²) >= 11 is 0. The Bertz CT molecular complexity index is 697. The molecule has 4 aliphatic heterocycles. The lowest BCUT2D eigenvalue weighted by atomic mass is 9.81. The van der Waals surface area contributed by atoms with Crippen molar-refractivity contribution in [3.63, 3.8) is 0 Å². The SMILES string of the molecule is c1ccc2oc(C3=N[C@]4(CN5CCC4CC5)ON3)cc2c1. The summed E-state index contributed by atoms with van der Waals surface area (Å²) in [5.74, 6) is 1.99. The van der Waals surface area contributed by atoms with E-state index in [0.717, 1.165) is 29.1 Å². The van der Waals surface area contributed by atoms with Crippen molar-refractivity contribution in [3.05, 3.63) is 36.1 Å². The molecular formula is C16H17N3O2. The summed E-state index contributed by atoms with van der Waals surface area (Å²) in [4.78, 5) is 13.2. The number of hydrogen-bond acceptors (Lipinski definition) is 5. The summed E-state index contributed by atoms with van der Waals surface area (Å²) in [6.07, 6.45) is 2.33. The standard InChI is InChI=1S/C16H17N3O2/c1-2-4-13-11(3-1)9-14(20-13)15-17-16(21-18-15)10-19-7-5-12(16)6-8-19/h1-4,9,12H,5-8,10H2,(H,17,18)/t16-/m1/s1. The lowest BCUT2D eigenvalue weighted by molar-refractivity contribution is -0.155. The van der Waals surface area contributed by atoms with Gasteiger partial charge in [-0.2, -0.15) is 0 Å². The summed E-state index contributed by atoms with van der Waals surface area (Å²) in [5.41, 5.74) is 3.48. The van der Waals surface area contributed by atoms with Gasteiger partial charge in [0.05, 0.1) is 6.54 Å². The first-order valence-corrected chi connectivity index (χ1v) is 7.58. The average Bonchev–Trinajstić information content (AvgIpc) is 3.13. The molecule has 5 nitrogen and oxygen atoms in total. The topological polar surface area (TPSA) is 50.0 Å². The van der Waals surface area contributed by atoms with Crippen LogP contribution in [0, 0.1) is 5.92 Å². The van der Waals surface area contributed by atoms with Crippen LogP contribution in [0.25, 0.3) is 11.0 Å². The second-order valence-electron chi connectivity index (χ2n) is 6.21. The molecule has 4 aliphatic rings. The Balaban J connectivity index is 1.54. The molecule has 0 aliphatic carbocycles. The highest BCUT2D eigenvalue weighted by molar-refractivity contribution is 6.00. The Kier molecular flexibility index (Phi) is 2.29. The van der Waals surface area contributed by atoms with Crippen LogP contribution >= 0.6 is 0 Å². The average molecular weight is 283 g/mol. The van der Waals surface area contributed by atoms with Gasteiger partial charge in [0.15, 0.2) is 11.6 Å². The maximum Gasteiger partial charge on any atom is 0.203 e. The van der Waals surface area contributed by atoms with E-state index in [0.29, 0.717) is 5.92 Å². The second-order valence-corrected chi connectivity index (χ2v) is 6.21. The van der Waals surface area contributed by atoms with Crippen molar-refractivity contribution < 1.29 is 9.25 Å². The van der Waals surface area contributed by atoms with Gasteiger partial charge in [-0.25, -0.2) is 15.3 Å². The Morgan fingerprint density at radius 2 is 2.10 bits per heavy atom. The van der Waals surface area contributed by atoms with Crippen molar-refractivity contribution in [3.8, 4) is 0 Å². The number of rotatable bonds is 1. The number of benzene rings is 1. The number of amidine groups is 1. The highest BCUT2D eigenvalue weighted by atomic mass is 16.7. The summed E-state index contributed by atoms with van der Waals surface area (Å²) in [6.45, 7) is 3.23. The molecule has 0 saturated carbocycles. The molecule has 5 heteroatoms. The van der Waals surface area contributed by atoms with E-state index >= 15 is 0 Å². The number of para-hydroxylation sites is 1. The van der Waals surface area contributed by atoms with Crippen molar-refractivity contribution in [1.29, 1.82) is 0 Å². The zero-order valence-corrected chi connectivity index (χ0v) is 11.7. The molecule has 2 bridgehead atoms. The summed E-state index contributed by atoms with van der Waals surface area (Å²) in [6, 6.07) is 10.0. The highest BCUT2D eigenvalue weighted by Gasteiger charge is 2.51. The smallest absolute Gasteiger partial charge is 0.203 e. The van der Waals surface area contributed by atoms with Crippen LogP contribution in [0.3, 0.4) is 0 Å². The van der Waals surface area contributed by atoms with E-state index in [-0.39, 0.29) is 0 Å². The van der Waals surface area contributed by atoms with Crippen LogP contribution in [-0.4, -0.2) is 36.1 Å². The molecule has 3 fully saturated rings. The molecule has 0 amide bonds. The fourth-order valence-corrected chi connectivity index (χ4v) is 3.81. The van der Waals surface area contributed by atoms with Crippen LogP contribution in [-0.2, 0) is 4.84 Å². The summed E-state index contributed by atoms with van der Waals surface area (Å²) in [5, 5.41) is 1.09. The zero-order chi connectivity index (χ0) is 13.9. The predicted molar refractivity (Wildman–Crippen MR) is 78.9 cm³/mol. The van der Waals surface area contributed by atoms with Crippen LogP contribution < -0.4 is 5.48 Å². The zero-order valence-electron chi connectivity index (χ0n) is 11.7. The fourth-order valence-electron chi connectivity index (χ4n) is 3.81. The molecule has 3 saturated heterocycles. The second kappa shape index (κ2) is 4.08. The third kappa shape index (κ3) is 1.68. The maximum absolute atomic E-state index is 5.92. The monoisotopic (exact) mass is 283 g/mol. The van der Waals surface area contributed by atoms with Crippen LogP contribution in [0.4, 0.5) is 0 Å². The molecule has 1 aromatic carbocycles. The molecule has 1 atom stereocenters. The van der Waals surface area contributed by atoms with Gasteiger partial charge in [0.25, 0.3) is 0 Å². The van der Waals surface area contributed by atoms with Crippen molar-refractivity contribution in [1.82, 2.24) is 10.4 Å². The summed E-state index contributed by atoms with van der Waals surface area (Å²) < 4.78 is 5.88. The molecule has 6 rings (SSSR count). The number of fused-ring (bicyclic) bond motifs is 3. The van der Waals surface area contributed by atoms with Crippen molar-refractivity contribution in [2.24, 2.45) is 10.9 Å². The number of aliphatic imine (C=N–C) groups is 1. The molecule has 1 aromatic heterocycles.